The number of amides is 1. The Bertz CT molecular complexity index is 671. The van der Waals surface area contributed by atoms with Crippen LogP contribution in [0.1, 0.15) is 67.7 Å². The summed E-state index contributed by atoms with van der Waals surface area (Å²) >= 11 is 0. The molecule has 2 N–H and O–H groups in total. The van der Waals surface area contributed by atoms with Crippen molar-refractivity contribution in [3.63, 3.8) is 0 Å². The van der Waals surface area contributed by atoms with Gasteiger partial charge in [-0.3, -0.25) is 0 Å². The molecule has 1 amide bonds. The Morgan fingerprint density at radius 1 is 1.39 bits per heavy atom. The van der Waals surface area contributed by atoms with Crippen molar-refractivity contribution in [1.29, 1.82) is 0 Å². The predicted octanol–water partition coefficient (Wildman–Crippen LogP) is 2.54. The number of alkyl carbamates (subject to hydrolysis) is 1. The van der Waals surface area contributed by atoms with Gasteiger partial charge in [-0.05, 0) is 39.4 Å². The normalized spacial score (nSPS) is 43.8. The van der Waals surface area contributed by atoms with E-state index in [9.17, 15) is 14.7 Å². The van der Waals surface area contributed by atoms with Crippen LogP contribution in [0.15, 0.2) is 0 Å². The second kappa shape index (κ2) is 6.07. The zero-order chi connectivity index (χ0) is 23.6. The Balaban J connectivity index is 3.77. The highest BCUT2D eigenvalue weighted by atomic mass is 16.6. The maximum atomic E-state index is 12.0. The first-order valence-electron chi connectivity index (χ1n) is 10.7. The first-order chi connectivity index (χ1) is 12.4. The van der Waals surface area contributed by atoms with Crippen molar-refractivity contribution >= 4 is 12.1 Å². The molecule has 1 fully saturated rings. The van der Waals surface area contributed by atoms with Crippen molar-refractivity contribution < 1.29 is 34.5 Å². The number of nitrogens with one attached hydrogen (secondary N) is 1. The van der Waals surface area contributed by atoms with Gasteiger partial charge in [0.2, 0.25) is 0 Å². The summed E-state index contributed by atoms with van der Waals surface area (Å²) in [5.41, 5.74) is -1.16. The van der Waals surface area contributed by atoms with Crippen LogP contribution in [-0.4, -0.2) is 28.8 Å². The molecule has 1 aliphatic carbocycles. The zero-order valence-corrected chi connectivity index (χ0v) is 10.2. The maximum absolute atomic E-state index is 12.0. The quantitative estimate of drug-likeness (QED) is 0.824. The van der Waals surface area contributed by atoms with Crippen molar-refractivity contribution in [2.24, 2.45) is 5.89 Å². The van der Waals surface area contributed by atoms with Gasteiger partial charge in [0, 0.05) is 15.1 Å². The number of ether oxygens (including phenoxy) is 1. The van der Waals surface area contributed by atoms with E-state index in [1.54, 1.807) is 5.32 Å². The van der Waals surface area contributed by atoms with E-state index in [1.807, 2.05) is 0 Å². The number of carbonyl (C=O) groups is 2. The van der Waals surface area contributed by atoms with Crippen LogP contribution < -0.4 is 5.32 Å². The maximum Gasteiger partial charge on any atom is 0.408 e. The largest absolute Gasteiger partial charge is 0.480 e. The van der Waals surface area contributed by atoms with E-state index in [-0.39, 0.29) is 0 Å². The Kier molecular flexibility index (Phi) is 1.82. The third-order valence-corrected chi connectivity index (χ3v) is 1.72. The summed E-state index contributed by atoms with van der Waals surface area (Å²) in [6.07, 6.45) is -20.8. The molecule has 0 aromatic rings. The van der Waals surface area contributed by atoms with Crippen LogP contribution in [0.2, 0.25) is 0 Å². The molecule has 0 bridgehead atoms. The van der Waals surface area contributed by atoms with E-state index >= 15 is 0 Å². The molecule has 18 heavy (non-hydrogen) atoms. The molecule has 0 heterocycles. The van der Waals surface area contributed by atoms with Gasteiger partial charge in [0.15, 0.2) is 0 Å². The highest BCUT2D eigenvalue weighted by Crippen LogP contribution is 2.26. The molecule has 5 nitrogen and oxygen atoms in total. The van der Waals surface area contributed by atoms with E-state index in [0.29, 0.717) is 0 Å². The second-order valence-corrected chi connectivity index (χ2v) is 4.46. The minimum atomic E-state index is -3.92. The highest BCUT2D eigenvalue weighted by Gasteiger charge is 2.32. The molecule has 1 saturated carbocycles. The first kappa shape index (κ1) is 5.39. The lowest BCUT2D eigenvalue weighted by Gasteiger charge is -2.29. The van der Waals surface area contributed by atoms with Crippen LogP contribution in [0, 0.1) is 5.89 Å². The molecule has 0 aromatic carbocycles. The molecular formula is C13H23NO4. The molecule has 0 spiro atoms. The fraction of sp³-hybridized carbons (Fsp3) is 0.846. The Morgan fingerprint density at radius 3 is 2.39 bits per heavy atom. The summed E-state index contributed by atoms with van der Waals surface area (Å²) in [5.74, 6) is -6.01. The topological polar surface area (TPSA) is 75.6 Å². The number of carboxylic acid groups (broad SMARTS) is 1. The molecule has 0 unspecified atom stereocenters. The fourth-order valence-corrected chi connectivity index (χ4v) is 1.09. The number of aliphatic carboxylic acids is 1. The van der Waals surface area contributed by atoms with Gasteiger partial charge in [-0.2, -0.15) is 0 Å². The molecule has 104 valence electrons. The van der Waals surface area contributed by atoms with E-state index in [4.69, 9.17) is 19.8 Å². The summed E-state index contributed by atoms with van der Waals surface area (Å²) < 4.78 is 92.1. The van der Waals surface area contributed by atoms with Crippen molar-refractivity contribution in [3.05, 3.63) is 0 Å². The van der Waals surface area contributed by atoms with Crippen molar-refractivity contribution in [2.75, 3.05) is 0 Å². The van der Waals surface area contributed by atoms with Gasteiger partial charge in [-0.1, -0.05) is 19.1 Å². The lowest BCUT2D eigenvalue weighted by Crippen LogP contribution is -2.48. The van der Waals surface area contributed by atoms with Gasteiger partial charge in [0.05, 0.1) is 0 Å². The molecule has 1 rings (SSSR count). The molecule has 0 saturated heterocycles. The van der Waals surface area contributed by atoms with Gasteiger partial charge in [0.1, 0.15) is 11.6 Å². The van der Waals surface area contributed by atoms with Gasteiger partial charge in [-0.15, -0.1) is 0 Å². The standard InChI is InChI=1S/C13H23NO4/c1-13(2,3)18-12(17)14-10(11(15)16)9-7-5-4-6-8-9/h9-10H,4-8H2,1-3H3,(H,14,17)(H,15,16)/t10-/m1/s1/i4D2,5D2,6D2,7D2,8D2,9D. The molecule has 1 aliphatic rings. The molecule has 5 heteroatoms. The van der Waals surface area contributed by atoms with Crippen LogP contribution >= 0.6 is 0 Å². The van der Waals surface area contributed by atoms with Crippen molar-refractivity contribution in [1.82, 2.24) is 5.32 Å². The van der Waals surface area contributed by atoms with E-state index in [2.05, 4.69) is 0 Å². The van der Waals surface area contributed by atoms with Crippen LogP contribution in [0.5, 0.6) is 0 Å². The summed E-state index contributed by atoms with van der Waals surface area (Å²) in [5, 5.41) is 11.1. The summed E-state index contributed by atoms with van der Waals surface area (Å²) in [6, 6.07) is -2.83. The van der Waals surface area contributed by atoms with Crippen LogP contribution in [0.25, 0.3) is 0 Å². The lowest BCUT2D eigenvalue weighted by molar-refractivity contribution is -0.141. The lowest BCUT2D eigenvalue weighted by atomic mass is 9.84. The van der Waals surface area contributed by atoms with E-state index < -0.39 is 61.5 Å². The number of rotatable bonds is 3. The predicted molar refractivity (Wildman–Crippen MR) is 67.4 cm³/mol. The van der Waals surface area contributed by atoms with Crippen LogP contribution in [0.4, 0.5) is 4.79 Å². The van der Waals surface area contributed by atoms with Gasteiger partial charge >= 0.3 is 12.1 Å². The number of carboxylic acids is 1. The monoisotopic (exact) mass is 268 g/mol. The molecule has 0 radical (unpaired) electrons. The molecular weight excluding hydrogens is 234 g/mol. The first-order valence-corrected chi connectivity index (χ1v) is 5.16. The Morgan fingerprint density at radius 2 is 1.94 bits per heavy atom. The highest BCUT2D eigenvalue weighted by molar-refractivity contribution is 5.80. The number of hydrogen-bond acceptors (Lipinski definition) is 3. The fourth-order valence-electron chi connectivity index (χ4n) is 1.09. The van der Waals surface area contributed by atoms with Crippen LogP contribution in [0.3, 0.4) is 0 Å². The van der Waals surface area contributed by atoms with Gasteiger partial charge in [0.25, 0.3) is 0 Å². The third kappa shape index (κ3) is 4.94. The number of hydrogen-bond donors (Lipinski definition) is 2. The number of carbonyl (C=O) groups excluding carboxylic acids is 1. The second-order valence-electron chi connectivity index (χ2n) is 4.46. The minimum Gasteiger partial charge on any atom is -0.480 e. The molecule has 0 aliphatic heterocycles. The molecule has 0 aromatic heterocycles. The minimum absolute atomic E-state index is 1.16. The van der Waals surface area contributed by atoms with Crippen LogP contribution in [-0.2, 0) is 9.53 Å². The van der Waals surface area contributed by atoms with Crippen molar-refractivity contribution in [2.45, 2.75) is 64.3 Å². The summed E-state index contributed by atoms with van der Waals surface area (Å²) in [4.78, 5) is 23.8. The average molecular weight is 268 g/mol. The third-order valence-electron chi connectivity index (χ3n) is 1.72. The Labute approximate surface area is 123 Å². The molecule has 1 atom stereocenters. The van der Waals surface area contributed by atoms with E-state index in [0.717, 1.165) is 0 Å². The average Bonchev–Trinajstić information content (AvgIpc) is 2.47. The zero-order valence-electron chi connectivity index (χ0n) is 21.2. The smallest absolute Gasteiger partial charge is 0.408 e. The van der Waals surface area contributed by atoms with E-state index in [1.165, 1.54) is 20.8 Å². The summed E-state index contributed by atoms with van der Waals surface area (Å²) in [6.45, 7) is 4.22. The SMILES string of the molecule is [2H]C1([2H])C([2H])([2H])C([2H])([2H])C([2H])([C@@H](NC(=O)OC(C)(C)C)C(=O)O)C([2H])([2H])C1([2H])[2H]. The Hall–Kier alpha value is -1.26. The summed E-state index contributed by atoms with van der Waals surface area (Å²) in [7, 11) is 0. The van der Waals surface area contributed by atoms with Crippen molar-refractivity contribution in [3.8, 4) is 0 Å². The van der Waals surface area contributed by atoms with Gasteiger partial charge in [-0.25, -0.2) is 9.59 Å². The van der Waals surface area contributed by atoms with Gasteiger partial charge < -0.3 is 15.2 Å².